The molecular weight excluding hydrogens is 140 g/mol. The van der Waals surface area contributed by atoms with Crippen LogP contribution in [0.5, 0.6) is 0 Å². The summed E-state index contributed by atoms with van der Waals surface area (Å²) in [6.45, 7) is 6.35. The molecule has 1 heterocycles. The summed E-state index contributed by atoms with van der Waals surface area (Å²) >= 11 is 0. The minimum Gasteiger partial charge on any atom is -0.324 e. The van der Waals surface area contributed by atoms with Crippen molar-refractivity contribution in [2.45, 2.75) is 27.3 Å². The molecule has 0 fully saturated rings. The molecule has 0 spiro atoms. The summed E-state index contributed by atoms with van der Waals surface area (Å²) in [7, 11) is 1.90. The molecule has 0 bridgehead atoms. The largest absolute Gasteiger partial charge is 0.324 e. The Morgan fingerprint density at radius 2 is 1.91 bits per heavy atom. The molecule has 0 saturated heterocycles. The number of nitrogens with two attached hydrogens (primary N) is 1. The van der Waals surface area contributed by atoms with Crippen molar-refractivity contribution in [1.29, 1.82) is 0 Å². The van der Waals surface area contributed by atoms with Gasteiger partial charge in [0.2, 0.25) is 0 Å². The number of aromatic nitrogens is 3. The molecule has 0 aliphatic heterocycles. The molecule has 4 nitrogen and oxygen atoms in total. The maximum Gasteiger partial charge on any atom is 0.146 e. The summed E-state index contributed by atoms with van der Waals surface area (Å²) < 4.78 is 1.88. The van der Waals surface area contributed by atoms with Crippen molar-refractivity contribution in [3.05, 3.63) is 11.6 Å². The zero-order chi connectivity index (χ0) is 8.85. The second-order valence-corrected chi connectivity index (χ2v) is 1.93. The zero-order valence-corrected chi connectivity index (χ0v) is 7.63. The molecule has 0 amide bonds. The maximum atomic E-state index is 5.34. The molecule has 4 heteroatoms. The molecule has 0 aromatic carbocycles. The van der Waals surface area contributed by atoms with E-state index in [9.17, 15) is 0 Å². The molecule has 64 valence electrons. The molecule has 1 aromatic rings. The highest BCUT2D eigenvalue weighted by molar-refractivity contribution is 4.90. The van der Waals surface area contributed by atoms with Gasteiger partial charge < -0.3 is 10.3 Å². The highest BCUT2D eigenvalue weighted by atomic mass is 15.3. The van der Waals surface area contributed by atoms with Gasteiger partial charge in [-0.3, -0.25) is 0 Å². The van der Waals surface area contributed by atoms with Gasteiger partial charge in [-0.15, -0.1) is 10.2 Å². The predicted molar refractivity (Wildman–Crippen MR) is 45.0 cm³/mol. The van der Waals surface area contributed by atoms with Crippen molar-refractivity contribution in [3.63, 3.8) is 0 Å². The van der Waals surface area contributed by atoms with Crippen molar-refractivity contribution in [1.82, 2.24) is 14.8 Å². The van der Waals surface area contributed by atoms with Gasteiger partial charge in [0.15, 0.2) is 0 Å². The highest BCUT2D eigenvalue weighted by Crippen LogP contribution is 1.93. The SMILES string of the molecule is CC.Cc1nnc(CN)n1C. The van der Waals surface area contributed by atoms with Crippen LogP contribution < -0.4 is 5.73 Å². The summed E-state index contributed by atoms with van der Waals surface area (Å²) in [5.41, 5.74) is 5.34. The van der Waals surface area contributed by atoms with E-state index in [4.69, 9.17) is 5.73 Å². The first-order valence-electron chi connectivity index (χ1n) is 3.80. The standard InChI is InChI=1S/C5H10N4.C2H6/c1-4-7-8-5(3-6)9(4)2;1-2/h3,6H2,1-2H3;1-2H3. The van der Waals surface area contributed by atoms with Gasteiger partial charge in [0, 0.05) is 7.05 Å². The molecule has 0 atom stereocenters. The Morgan fingerprint density at radius 3 is 2.09 bits per heavy atom. The van der Waals surface area contributed by atoms with E-state index in [1.54, 1.807) is 0 Å². The van der Waals surface area contributed by atoms with Crippen molar-refractivity contribution < 1.29 is 0 Å². The fourth-order valence-corrected chi connectivity index (χ4v) is 0.629. The molecular formula is C7H16N4. The van der Waals surface area contributed by atoms with E-state index in [1.807, 2.05) is 32.4 Å². The van der Waals surface area contributed by atoms with Crippen molar-refractivity contribution in [3.8, 4) is 0 Å². The van der Waals surface area contributed by atoms with Crippen molar-refractivity contribution in [2.75, 3.05) is 0 Å². The van der Waals surface area contributed by atoms with Crippen LogP contribution in [0.15, 0.2) is 0 Å². The van der Waals surface area contributed by atoms with E-state index in [0.29, 0.717) is 6.54 Å². The van der Waals surface area contributed by atoms with Crippen LogP contribution in [0.2, 0.25) is 0 Å². The van der Waals surface area contributed by atoms with Gasteiger partial charge in [-0.2, -0.15) is 0 Å². The van der Waals surface area contributed by atoms with E-state index in [1.165, 1.54) is 0 Å². The molecule has 2 N–H and O–H groups in total. The third-order valence-corrected chi connectivity index (χ3v) is 1.37. The van der Waals surface area contributed by atoms with E-state index >= 15 is 0 Å². The number of hydrogen-bond donors (Lipinski definition) is 1. The number of nitrogens with zero attached hydrogens (tertiary/aromatic N) is 3. The summed E-state index contributed by atoms with van der Waals surface area (Å²) in [6, 6.07) is 0. The second kappa shape index (κ2) is 4.85. The first kappa shape index (κ1) is 10.1. The third kappa shape index (κ3) is 2.31. The van der Waals surface area contributed by atoms with Crippen molar-refractivity contribution >= 4 is 0 Å². The van der Waals surface area contributed by atoms with Crippen LogP contribution in [0.4, 0.5) is 0 Å². The molecule has 0 aliphatic rings. The molecule has 11 heavy (non-hydrogen) atoms. The van der Waals surface area contributed by atoms with Gasteiger partial charge in [-0.05, 0) is 6.92 Å². The normalized spacial score (nSPS) is 8.82. The minimum atomic E-state index is 0.456. The predicted octanol–water partition coefficient (Wildman–Crippen LogP) is 0.608. The molecule has 0 aliphatic carbocycles. The Bertz CT molecular complexity index is 204. The quantitative estimate of drug-likeness (QED) is 0.648. The average molecular weight is 156 g/mol. The topological polar surface area (TPSA) is 56.7 Å². The van der Waals surface area contributed by atoms with E-state index in [-0.39, 0.29) is 0 Å². The Morgan fingerprint density at radius 1 is 1.36 bits per heavy atom. The first-order valence-corrected chi connectivity index (χ1v) is 3.80. The average Bonchev–Trinajstić information content (AvgIpc) is 2.37. The van der Waals surface area contributed by atoms with Crippen LogP contribution in [0.1, 0.15) is 25.5 Å². The van der Waals surface area contributed by atoms with Gasteiger partial charge in [-0.1, -0.05) is 13.8 Å². The first-order chi connectivity index (χ1) is 5.25. The lowest BCUT2D eigenvalue weighted by Gasteiger charge is -1.94. The lowest BCUT2D eigenvalue weighted by Crippen LogP contribution is -2.05. The molecule has 0 saturated carbocycles. The minimum absolute atomic E-state index is 0.456. The number of rotatable bonds is 1. The second-order valence-electron chi connectivity index (χ2n) is 1.93. The van der Waals surface area contributed by atoms with Crippen LogP contribution in [0.25, 0.3) is 0 Å². The van der Waals surface area contributed by atoms with E-state index in [2.05, 4.69) is 10.2 Å². The van der Waals surface area contributed by atoms with Crippen molar-refractivity contribution in [2.24, 2.45) is 12.8 Å². The van der Waals surface area contributed by atoms with Gasteiger partial charge in [-0.25, -0.2) is 0 Å². The summed E-state index contributed by atoms with van der Waals surface area (Å²) in [4.78, 5) is 0. The van der Waals surface area contributed by atoms with Crippen LogP contribution >= 0.6 is 0 Å². The van der Waals surface area contributed by atoms with Crippen LogP contribution in [0.3, 0.4) is 0 Å². The summed E-state index contributed by atoms with van der Waals surface area (Å²) in [5.74, 6) is 1.72. The Kier molecular flexibility index (Phi) is 4.45. The lowest BCUT2D eigenvalue weighted by atomic mass is 10.6. The highest BCUT2D eigenvalue weighted by Gasteiger charge is 1.99. The van der Waals surface area contributed by atoms with E-state index in [0.717, 1.165) is 11.6 Å². The van der Waals surface area contributed by atoms with Crippen LogP contribution in [0, 0.1) is 6.92 Å². The smallest absolute Gasteiger partial charge is 0.146 e. The maximum absolute atomic E-state index is 5.34. The zero-order valence-electron chi connectivity index (χ0n) is 7.63. The van der Waals surface area contributed by atoms with E-state index < -0.39 is 0 Å². The molecule has 1 aromatic heterocycles. The number of hydrogen-bond acceptors (Lipinski definition) is 3. The third-order valence-electron chi connectivity index (χ3n) is 1.37. The lowest BCUT2D eigenvalue weighted by molar-refractivity contribution is 0.773. The summed E-state index contributed by atoms with van der Waals surface area (Å²) in [6.07, 6.45) is 0. The van der Waals surface area contributed by atoms with Gasteiger partial charge in [0.25, 0.3) is 0 Å². The fourth-order valence-electron chi connectivity index (χ4n) is 0.629. The summed E-state index contributed by atoms with van der Waals surface area (Å²) in [5, 5.41) is 7.64. The molecule has 0 unspecified atom stereocenters. The number of aryl methyl sites for hydroxylation is 1. The van der Waals surface area contributed by atoms with Crippen LogP contribution in [-0.4, -0.2) is 14.8 Å². The Hall–Kier alpha value is -0.900. The van der Waals surface area contributed by atoms with Gasteiger partial charge in [0.05, 0.1) is 6.54 Å². The van der Waals surface area contributed by atoms with Gasteiger partial charge >= 0.3 is 0 Å². The fraction of sp³-hybridized carbons (Fsp3) is 0.714. The Balaban J connectivity index is 0.000000461. The van der Waals surface area contributed by atoms with Crippen LogP contribution in [-0.2, 0) is 13.6 Å². The molecule has 0 radical (unpaired) electrons. The molecule has 1 rings (SSSR count). The van der Waals surface area contributed by atoms with Gasteiger partial charge in [0.1, 0.15) is 11.6 Å². The Labute approximate surface area is 67.4 Å². The monoisotopic (exact) mass is 156 g/mol.